The maximum atomic E-state index is 12.7. The van der Waals surface area contributed by atoms with Gasteiger partial charge in [0.15, 0.2) is 5.96 Å². The van der Waals surface area contributed by atoms with Gasteiger partial charge >= 0.3 is 0 Å². The molecule has 1 atom stereocenters. The van der Waals surface area contributed by atoms with E-state index in [0.29, 0.717) is 18.5 Å². The molecule has 0 bridgehead atoms. The van der Waals surface area contributed by atoms with Crippen LogP contribution < -0.4 is 10.6 Å². The van der Waals surface area contributed by atoms with Gasteiger partial charge in [-0.1, -0.05) is 54.6 Å². The lowest BCUT2D eigenvalue weighted by molar-refractivity contribution is -0.130. The molecule has 1 saturated heterocycles. The lowest BCUT2D eigenvalue weighted by atomic mass is 10.00. The molecule has 0 saturated carbocycles. The normalized spacial score (nSPS) is 19.2. The van der Waals surface area contributed by atoms with Gasteiger partial charge < -0.3 is 15.5 Å². The van der Waals surface area contributed by atoms with Crippen LogP contribution in [0.15, 0.2) is 59.6 Å². The van der Waals surface area contributed by atoms with Gasteiger partial charge in [0.1, 0.15) is 0 Å². The fraction of sp³-hybridized carbons (Fsp3) is 0.440. The standard InChI is InChI=1S/C25H33N5O/c1-26-25(27-16-23-12-7-14-29(23)18-20-8-3-2-4-9-20)28-17-24(31)30-15-13-21-10-5-6-11-22(21)19-30/h2-6,8-11,23H,7,12-19H2,1H3,(H2,26,27,28). The van der Waals surface area contributed by atoms with Crippen LogP contribution in [0.3, 0.4) is 0 Å². The summed E-state index contributed by atoms with van der Waals surface area (Å²) in [5, 5.41) is 6.64. The van der Waals surface area contributed by atoms with Crippen molar-refractivity contribution in [2.24, 2.45) is 4.99 Å². The number of likely N-dealkylation sites (tertiary alicyclic amines) is 1. The maximum absolute atomic E-state index is 12.7. The Labute approximate surface area is 185 Å². The first kappa shape index (κ1) is 21.4. The van der Waals surface area contributed by atoms with E-state index in [-0.39, 0.29) is 12.5 Å². The van der Waals surface area contributed by atoms with Crippen LogP contribution in [0.4, 0.5) is 0 Å². The van der Waals surface area contributed by atoms with Crippen molar-refractivity contribution >= 4 is 11.9 Å². The smallest absolute Gasteiger partial charge is 0.242 e. The molecule has 0 spiro atoms. The van der Waals surface area contributed by atoms with E-state index >= 15 is 0 Å². The van der Waals surface area contributed by atoms with Crippen molar-refractivity contribution in [2.75, 3.05) is 33.2 Å². The topological polar surface area (TPSA) is 60.0 Å². The van der Waals surface area contributed by atoms with Gasteiger partial charge in [-0.2, -0.15) is 0 Å². The molecule has 6 nitrogen and oxygen atoms in total. The van der Waals surface area contributed by atoms with Crippen molar-refractivity contribution in [2.45, 2.75) is 38.4 Å². The maximum Gasteiger partial charge on any atom is 0.242 e. The summed E-state index contributed by atoms with van der Waals surface area (Å²) < 4.78 is 0. The molecular weight excluding hydrogens is 386 g/mol. The van der Waals surface area contributed by atoms with Crippen molar-refractivity contribution in [3.63, 3.8) is 0 Å². The quantitative estimate of drug-likeness (QED) is 0.558. The number of amides is 1. The Morgan fingerprint density at radius 2 is 1.81 bits per heavy atom. The summed E-state index contributed by atoms with van der Waals surface area (Å²) in [6.45, 7) is 4.67. The molecule has 4 rings (SSSR count). The number of nitrogens with one attached hydrogen (secondary N) is 2. The van der Waals surface area contributed by atoms with Gasteiger partial charge in [0.25, 0.3) is 0 Å². The molecule has 2 aliphatic heterocycles. The highest BCUT2D eigenvalue weighted by Gasteiger charge is 2.25. The lowest BCUT2D eigenvalue weighted by Gasteiger charge is -2.29. The monoisotopic (exact) mass is 419 g/mol. The molecule has 6 heteroatoms. The van der Waals surface area contributed by atoms with Crippen LogP contribution in [0.2, 0.25) is 0 Å². The molecule has 2 N–H and O–H groups in total. The van der Waals surface area contributed by atoms with Gasteiger partial charge in [-0.05, 0) is 42.5 Å². The van der Waals surface area contributed by atoms with E-state index < -0.39 is 0 Å². The van der Waals surface area contributed by atoms with Crippen molar-refractivity contribution < 1.29 is 4.79 Å². The average molecular weight is 420 g/mol. The number of fused-ring (bicyclic) bond motifs is 1. The molecule has 2 aromatic carbocycles. The number of carbonyl (C=O) groups excluding carboxylic acids is 1. The van der Waals surface area contributed by atoms with Gasteiger partial charge in [-0.15, -0.1) is 0 Å². The molecule has 2 aliphatic rings. The number of nitrogens with zero attached hydrogens (tertiary/aromatic N) is 3. The van der Waals surface area contributed by atoms with Gasteiger partial charge in [0.05, 0.1) is 6.54 Å². The van der Waals surface area contributed by atoms with E-state index in [1.165, 1.54) is 29.5 Å². The Hall–Kier alpha value is -2.86. The van der Waals surface area contributed by atoms with Gasteiger partial charge in [0.2, 0.25) is 5.91 Å². The minimum atomic E-state index is 0.115. The minimum absolute atomic E-state index is 0.115. The van der Waals surface area contributed by atoms with Crippen molar-refractivity contribution in [3.05, 3.63) is 71.3 Å². The molecule has 0 aliphatic carbocycles. The fourth-order valence-electron chi connectivity index (χ4n) is 4.57. The first-order chi connectivity index (χ1) is 15.2. The zero-order chi connectivity index (χ0) is 21.5. The Bertz CT molecular complexity index is 898. The van der Waals surface area contributed by atoms with Crippen LogP contribution in [-0.2, 0) is 24.3 Å². The Kier molecular flexibility index (Phi) is 7.20. The third-order valence-electron chi connectivity index (χ3n) is 6.35. The highest BCUT2D eigenvalue weighted by Crippen LogP contribution is 2.20. The van der Waals surface area contributed by atoms with E-state index in [1.54, 1.807) is 7.05 Å². The second-order valence-electron chi connectivity index (χ2n) is 8.39. The van der Waals surface area contributed by atoms with E-state index in [4.69, 9.17) is 0 Å². The summed E-state index contributed by atoms with van der Waals surface area (Å²) in [5.74, 6) is 0.807. The second-order valence-corrected chi connectivity index (χ2v) is 8.39. The third-order valence-corrected chi connectivity index (χ3v) is 6.35. The van der Waals surface area contributed by atoms with Crippen LogP contribution in [0.5, 0.6) is 0 Å². The van der Waals surface area contributed by atoms with Crippen molar-refractivity contribution in [1.29, 1.82) is 0 Å². The number of benzene rings is 2. The summed E-state index contributed by atoms with van der Waals surface area (Å²) in [7, 11) is 1.76. The first-order valence-electron chi connectivity index (χ1n) is 11.3. The molecule has 0 aromatic heterocycles. The van der Waals surface area contributed by atoms with Crippen LogP contribution in [0.25, 0.3) is 0 Å². The van der Waals surface area contributed by atoms with Gasteiger partial charge in [-0.25, -0.2) is 0 Å². The molecule has 31 heavy (non-hydrogen) atoms. The summed E-state index contributed by atoms with van der Waals surface area (Å²) in [6.07, 6.45) is 3.33. The Morgan fingerprint density at radius 3 is 2.61 bits per heavy atom. The predicted octanol–water partition coefficient (Wildman–Crippen LogP) is 2.40. The molecular formula is C25H33N5O. The molecule has 2 heterocycles. The van der Waals surface area contributed by atoms with Crippen LogP contribution in [0.1, 0.15) is 29.5 Å². The molecule has 0 radical (unpaired) electrons. The largest absolute Gasteiger partial charge is 0.355 e. The highest BCUT2D eigenvalue weighted by atomic mass is 16.2. The van der Waals surface area contributed by atoms with E-state index in [2.05, 4.69) is 69.1 Å². The minimum Gasteiger partial charge on any atom is -0.355 e. The van der Waals surface area contributed by atoms with Crippen molar-refractivity contribution in [3.8, 4) is 0 Å². The van der Waals surface area contributed by atoms with E-state index in [1.807, 2.05) is 11.0 Å². The summed E-state index contributed by atoms with van der Waals surface area (Å²) in [6, 6.07) is 19.5. The van der Waals surface area contributed by atoms with Crippen molar-refractivity contribution in [1.82, 2.24) is 20.4 Å². The SMILES string of the molecule is CN=C(NCC(=O)N1CCc2ccccc2C1)NCC1CCCN1Cc1ccccc1. The number of guanidine groups is 1. The molecule has 1 unspecified atom stereocenters. The van der Waals surface area contributed by atoms with Gasteiger partial charge in [0, 0.05) is 39.3 Å². The van der Waals surface area contributed by atoms with E-state index in [9.17, 15) is 4.79 Å². The molecule has 1 amide bonds. The Morgan fingerprint density at radius 1 is 1.03 bits per heavy atom. The summed E-state index contributed by atoms with van der Waals surface area (Å²) in [4.78, 5) is 21.5. The van der Waals surface area contributed by atoms with Crippen LogP contribution in [-0.4, -0.2) is 60.9 Å². The summed E-state index contributed by atoms with van der Waals surface area (Å²) in [5.41, 5.74) is 3.96. The van der Waals surface area contributed by atoms with E-state index in [0.717, 1.165) is 32.6 Å². The zero-order valence-electron chi connectivity index (χ0n) is 18.4. The zero-order valence-corrected chi connectivity index (χ0v) is 18.4. The number of aliphatic imine (C=N–C) groups is 1. The lowest BCUT2D eigenvalue weighted by Crippen LogP contribution is -2.48. The first-order valence-corrected chi connectivity index (χ1v) is 11.3. The Balaban J connectivity index is 1.23. The molecule has 1 fully saturated rings. The second kappa shape index (κ2) is 10.4. The number of hydrogen-bond acceptors (Lipinski definition) is 3. The molecule has 164 valence electrons. The number of hydrogen-bond donors (Lipinski definition) is 2. The molecule has 2 aromatic rings. The average Bonchev–Trinajstić information content (AvgIpc) is 3.26. The predicted molar refractivity (Wildman–Crippen MR) is 125 cm³/mol. The number of rotatable bonds is 6. The van der Waals surface area contributed by atoms with Crippen LogP contribution in [0, 0.1) is 0 Å². The van der Waals surface area contributed by atoms with Crippen LogP contribution >= 0.6 is 0 Å². The third kappa shape index (κ3) is 5.64. The number of carbonyl (C=O) groups is 1. The fourth-order valence-corrected chi connectivity index (χ4v) is 4.57. The highest BCUT2D eigenvalue weighted by molar-refractivity contribution is 5.86. The van der Waals surface area contributed by atoms with Gasteiger partial charge in [-0.3, -0.25) is 14.7 Å². The summed E-state index contributed by atoms with van der Waals surface area (Å²) >= 11 is 0.